The van der Waals surface area contributed by atoms with Crippen molar-refractivity contribution in [2.45, 2.75) is 19.4 Å². The SMILES string of the molecule is CN(C(=O)c1ncccc1Br)C(C)(C)C(=O)O. The van der Waals surface area contributed by atoms with Crippen molar-refractivity contribution >= 4 is 27.8 Å². The molecule has 0 fully saturated rings. The molecule has 17 heavy (non-hydrogen) atoms. The van der Waals surface area contributed by atoms with Gasteiger partial charge in [0.1, 0.15) is 11.2 Å². The fourth-order valence-corrected chi connectivity index (χ4v) is 1.52. The number of nitrogens with zero attached hydrogens (tertiary/aromatic N) is 2. The summed E-state index contributed by atoms with van der Waals surface area (Å²) in [6, 6.07) is 3.37. The molecule has 0 aliphatic carbocycles. The second kappa shape index (κ2) is 4.83. The van der Waals surface area contributed by atoms with Crippen LogP contribution in [-0.2, 0) is 4.79 Å². The molecule has 0 unspecified atom stereocenters. The number of amides is 1. The highest BCUT2D eigenvalue weighted by atomic mass is 79.9. The van der Waals surface area contributed by atoms with Gasteiger partial charge in [-0.1, -0.05) is 0 Å². The summed E-state index contributed by atoms with van der Waals surface area (Å²) < 4.78 is 0.540. The predicted octanol–water partition coefficient (Wildman–Crippen LogP) is 1.78. The van der Waals surface area contributed by atoms with Gasteiger partial charge in [-0.25, -0.2) is 9.78 Å². The second-order valence-corrected chi connectivity index (χ2v) is 4.92. The van der Waals surface area contributed by atoms with Gasteiger partial charge in [0.2, 0.25) is 0 Å². The summed E-state index contributed by atoms with van der Waals surface area (Å²) in [4.78, 5) is 28.2. The Hall–Kier alpha value is -1.43. The molecule has 1 amide bonds. The number of likely N-dealkylation sites (N-methyl/N-ethyl adjacent to an activating group) is 1. The minimum absolute atomic E-state index is 0.198. The van der Waals surface area contributed by atoms with Gasteiger partial charge in [0.25, 0.3) is 5.91 Å². The molecule has 0 radical (unpaired) electrons. The highest BCUT2D eigenvalue weighted by Crippen LogP contribution is 2.20. The molecule has 0 aromatic carbocycles. The highest BCUT2D eigenvalue weighted by molar-refractivity contribution is 9.10. The number of aliphatic carboxylic acids is 1. The first kappa shape index (κ1) is 13.6. The maximum Gasteiger partial charge on any atom is 0.329 e. The van der Waals surface area contributed by atoms with Gasteiger partial charge in [0, 0.05) is 17.7 Å². The molecule has 0 saturated carbocycles. The quantitative estimate of drug-likeness (QED) is 0.924. The molecule has 0 aliphatic rings. The van der Waals surface area contributed by atoms with Gasteiger partial charge in [-0.2, -0.15) is 0 Å². The average molecular weight is 301 g/mol. The Bertz CT molecular complexity index is 460. The monoisotopic (exact) mass is 300 g/mol. The molecule has 6 heteroatoms. The van der Waals surface area contributed by atoms with Gasteiger partial charge in [-0.05, 0) is 41.9 Å². The molecule has 1 aromatic rings. The number of halogens is 1. The van der Waals surface area contributed by atoms with Crippen LogP contribution in [0, 0.1) is 0 Å². The molecule has 0 aliphatic heterocycles. The van der Waals surface area contributed by atoms with E-state index in [2.05, 4.69) is 20.9 Å². The number of hydrogen-bond acceptors (Lipinski definition) is 3. The molecule has 1 N–H and O–H groups in total. The molecule has 0 bridgehead atoms. The molecular formula is C11H13BrN2O3. The van der Waals surface area contributed by atoms with Gasteiger partial charge in [0.05, 0.1) is 0 Å². The van der Waals surface area contributed by atoms with Crippen molar-refractivity contribution in [3.63, 3.8) is 0 Å². The number of carbonyl (C=O) groups excluding carboxylic acids is 1. The molecule has 0 saturated heterocycles. The topological polar surface area (TPSA) is 70.5 Å². The zero-order chi connectivity index (χ0) is 13.2. The predicted molar refractivity (Wildman–Crippen MR) is 65.7 cm³/mol. The van der Waals surface area contributed by atoms with E-state index in [1.165, 1.54) is 27.1 Å². The van der Waals surface area contributed by atoms with E-state index in [1.807, 2.05) is 0 Å². The molecule has 0 atom stereocenters. The third kappa shape index (κ3) is 2.63. The van der Waals surface area contributed by atoms with Gasteiger partial charge >= 0.3 is 5.97 Å². The Morgan fingerprint density at radius 2 is 2.06 bits per heavy atom. The van der Waals surface area contributed by atoms with Gasteiger partial charge in [-0.15, -0.1) is 0 Å². The fourth-order valence-electron chi connectivity index (χ4n) is 1.10. The van der Waals surface area contributed by atoms with E-state index in [0.29, 0.717) is 4.47 Å². The van der Waals surface area contributed by atoms with Crippen LogP contribution in [-0.4, -0.2) is 39.5 Å². The summed E-state index contributed by atoms with van der Waals surface area (Å²) in [6.45, 7) is 2.92. The molecule has 92 valence electrons. The van der Waals surface area contributed by atoms with E-state index >= 15 is 0 Å². The van der Waals surface area contributed by atoms with E-state index in [-0.39, 0.29) is 5.69 Å². The first-order chi connectivity index (χ1) is 7.78. The Balaban J connectivity index is 3.07. The number of pyridine rings is 1. The molecular weight excluding hydrogens is 288 g/mol. The molecule has 0 spiro atoms. The van der Waals surface area contributed by atoms with Crippen molar-refractivity contribution in [1.82, 2.24) is 9.88 Å². The summed E-state index contributed by atoms with van der Waals surface area (Å²) in [5.74, 6) is -1.51. The van der Waals surface area contributed by atoms with Crippen molar-refractivity contribution in [2.24, 2.45) is 0 Å². The van der Waals surface area contributed by atoms with E-state index in [4.69, 9.17) is 5.11 Å². The van der Waals surface area contributed by atoms with Crippen LogP contribution in [0.5, 0.6) is 0 Å². The Morgan fingerprint density at radius 1 is 1.47 bits per heavy atom. The lowest BCUT2D eigenvalue weighted by Gasteiger charge is -2.31. The van der Waals surface area contributed by atoms with Crippen LogP contribution in [0.1, 0.15) is 24.3 Å². The van der Waals surface area contributed by atoms with Gasteiger partial charge in [-0.3, -0.25) is 4.79 Å². The van der Waals surface area contributed by atoms with E-state index < -0.39 is 17.4 Å². The second-order valence-electron chi connectivity index (χ2n) is 4.06. The molecule has 1 rings (SSSR count). The highest BCUT2D eigenvalue weighted by Gasteiger charge is 2.36. The lowest BCUT2D eigenvalue weighted by Crippen LogP contribution is -2.51. The zero-order valence-electron chi connectivity index (χ0n) is 9.77. The van der Waals surface area contributed by atoms with Crippen LogP contribution >= 0.6 is 15.9 Å². The first-order valence-electron chi connectivity index (χ1n) is 4.90. The largest absolute Gasteiger partial charge is 0.480 e. The lowest BCUT2D eigenvalue weighted by molar-refractivity contribution is -0.147. The van der Waals surface area contributed by atoms with Crippen molar-refractivity contribution in [3.8, 4) is 0 Å². The fraction of sp³-hybridized carbons (Fsp3) is 0.364. The van der Waals surface area contributed by atoms with E-state index in [0.717, 1.165) is 4.90 Å². The number of carbonyl (C=O) groups is 2. The Morgan fingerprint density at radius 3 is 2.53 bits per heavy atom. The van der Waals surface area contributed by atoms with Gasteiger partial charge < -0.3 is 10.0 Å². The number of rotatable bonds is 3. The first-order valence-corrected chi connectivity index (χ1v) is 5.70. The Kier molecular flexibility index (Phi) is 3.87. The van der Waals surface area contributed by atoms with Crippen LogP contribution in [0.4, 0.5) is 0 Å². The number of carboxylic acid groups (broad SMARTS) is 1. The summed E-state index contributed by atoms with van der Waals surface area (Å²) in [5, 5.41) is 9.05. The standard InChI is InChI=1S/C11H13BrN2O3/c1-11(2,10(16)17)14(3)9(15)8-7(12)5-4-6-13-8/h4-6H,1-3H3,(H,16,17). The van der Waals surface area contributed by atoms with Crippen LogP contribution in [0.2, 0.25) is 0 Å². The number of hydrogen-bond donors (Lipinski definition) is 1. The van der Waals surface area contributed by atoms with Crippen molar-refractivity contribution in [1.29, 1.82) is 0 Å². The van der Waals surface area contributed by atoms with E-state index in [1.54, 1.807) is 12.1 Å². The van der Waals surface area contributed by atoms with Crippen LogP contribution in [0.15, 0.2) is 22.8 Å². The third-order valence-electron chi connectivity index (χ3n) is 2.63. The van der Waals surface area contributed by atoms with Gasteiger partial charge in [0.15, 0.2) is 0 Å². The third-order valence-corrected chi connectivity index (χ3v) is 3.27. The maximum absolute atomic E-state index is 12.1. The van der Waals surface area contributed by atoms with Crippen LogP contribution in [0.3, 0.4) is 0 Å². The average Bonchev–Trinajstić information content (AvgIpc) is 2.27. The van der Waals surface area contributed by atoms with E-state index in [9.17, 15) is 9.59 Å². The number of aromatic nitrogens is 1. The normalized spacial score (nSPS) is 11.1. The van der Waals surface area contributed by atoms with Crippen LogP contribution in [0.25, 0.3) is 0 Å². The zero-order valence-corrected chi connectivity index (χ0v) is 11.4. The summed E-state index contributed by atoms with van der Waals surface area (Å²) in [6.07, 6.45) is 1.49. The summed E-state index contributed by atoms with van der Waals surface area (Å²) in [5.41, 5.74) is -1.09. The molecule has 1 aromatic heterocycles. The molecule has 1 heterocycles. The maximum atomic E-state index is 12.1. The van der Waals surface area contributed by atoms with Crippen molar-refractivity contribution in [3.05, 3.63) is 28.5 Å². The minimum Gasteiger partial charge on any atom is -0.480 e. The summed E-state index contributed by atoms with van der Waals surface area (Å²) >= 11 is 3.21. The Labute approximate surface area is 108 Å². The van der Waals surface area contributed by atoms with Crippen LogP contribution < -0.4 is 0 Å². The lowest BCUT2D eigenvalue weighted by atomic mass is 10.0. The number of carboxylic acids is 1. The molecule has 5 nitrogen and oxygen atoms in total. The van der Waals surface area contributed by atoms with Crippen molar-refractivity contribution < 1.29 is 14.7 Å². The van der Waals surface area contributed by atoms with Crippen molar-refractivity contribution in [2.75, 3.05) is 7.05 Å². The smallest absolute Gasteiger partial charge is 0.329 e. The minimum atomic E-state index is -1.28. The summed E-state index contributed by atoms with van der Waals surface area (Å²) in [7, 11) is 1.44.